The van der Waals surface area contributed by atoms with Crippen LogP contribution >= 0.6 is 23.4 Å². The Labute approximate surface area is 175 Å². The van der Waals surface area contributed by atoms with Gasteiger partial charge in [-0.25, -0.2) is 4.99 Å². The molecule has 1 saturated heterocycles. The summed E-state index contributed by atoms with van der Waals surface area (Å²) in [4.78, 5) is 19.2. The van der Waals surface area contributed by atoms with Gasteiger partial charge in [0.25, 0.3) is 0 Å². The number of halogens is 1. The van der Waals surface area contributed by atoms with Crippen molar-refractivity contribution in [3.05, 3.63) is 58.1 Å². The normalized spacial score (nSPS) is 15.7. The lowest BCUT2D eigenvalue weighted by Crippen LogP contribution is -2.39. The minimum Gasteiger partial charge on any atom is -0.493 e. The number of hydrogen-bond donors (Lipinski definition) is 0. The summed E-state index contributed by atoms with van der Waals surface area (Å²) in [7, 11) is 0. The van der Waals surface area contributed by atoms with Crippen molar-refractivity contribution in [2.75, 3.05) is 18.9 Å². The van der Waals surface area contributed by atoms with Crippen LogP contribution in [0, 0.1) is 20.8 Å². The minimum absolute atomic E-state index is 0.0365. The summed E-state index contributed by atoms with van der Waals surface area (Å²) in [6, 6.07) is 11.8. The fourth-order valence-electron chi connectivity index (χ4n) is 2.89. The van der Waals surface area contributed by atoms with Crippen LogP contribution in [0.3, 0.4) is 0 Å². The molecule has 1 amide bonds. The van der Waals surface area contributed by atoms with E-state index < -0.39 is 0 Å². The molecule has 0 N–H and O–H groups in total. The Balaban J connectivity index is 1.65. The van der Waals surface area contributed by atoms with E-state index in [9.17, 15) is 4.79 Å². The summed E-state index contributed by atoms with van der Waals surface area (Å²) >= 11 is 7.82. The van der Waals surface area contributed by atoms with E-state index in [0.29, 0.717) is 24.6 Å². The third-order valence-corrected chi connectivity index (χ3v) is 6.06. The third-order valence-electron chi connectivity index (χ3n) is 4.59. The molecule has 1 aliphatic rings. The van der Waals surface area contributed by atoms with Gasteiger partial charge < -0.3 is 4.74 Å². The number of carbonyl (C=O) groups is 1. The Morgan fingerprint density at radius 1 is 1.18 bits per heavy atom. The molecular formula is C22H25ClN2O2S. The molecule has 148 valence electrons. The van der Waals surface area contributed by atoms with Gasteiger partial charge in [0.2, 0.25) is 5.91 Å². The highest BCUT2D eigenvalue weighted by molar-refractivity contribution is 8.13. The number of rotatable bonds is 5. The molecule has 3 rings (SSSR count). The van der Waals surface area contributed by atoms with Gasteiger partial charge in [-0.05, 0) is 62.1 Å². The van der Waals surface area contributed by atoms with Crippen LogP contribution in [0.1, 0.15) is 29.5 Å². The Morgan fingerprint density at radius 2 is 1.96 bits per heavy atom. The molecule has 1 fully saturated rings. The van der Waals surface area contributed by atoms with Crippen molar-refractivity contribution in [3.8, 4) is 5.75 Å². The van der Waals surface area contributed by atoms with E-state index in [1.165, 1.54) is 0 Å². The lowest BCUT2D eigenvalue weighted by Gasteiger charge is -2.28. The van der Waals surface area contributed by atoms with E-state index in [-0.39, 0.29) is 5.91 Å². The third kappa shape index (κ3) is 5.30. The molecule has 2 aromatic rings. The smallest absolute Gasteiger partial charge is 0.231 e. The van der Waals surface area contributed by atoms with E-state index >= 15 is 0 Å². The van der Waals surface area contributed by atoms with Crippen LogP contribution in [0.2, 0.25) is 5.02 Å². The maximum Gasteiger partial charge on any atom is 0.231 e. The van der Waals surface area contributed by atoms with Gasteiger partial charge >= 0.3 is 0 Å². The van der Waals surface area contributed by atoms with Crippen LogP contribution in [0.5, 0.6) is 5.75 Å². The first-order chi connectivity index (χ1) is 13.4. The molecule has 0 aromatic heterocycles. The van der Waals surface area contributed by atoms with Gasteiger partial charge in [0.05, 0.1) is 18.7 Å². The topological polar surface area (TPSA) is 41.9 Å². The number of aliphatic imine (C=N–C) groups is 1. The predicted molar refractivity (Wildman–Crippen MR) is 118 cm³/mol. The monoisotopic (exact) mass is 416 g/mol. The molecule has 0 bridgehead atoms. The maximum atomic E-state index is 12.8. The largest absolute Gasteiger partial charge is 0.493 e. The van der Waals surface area contributed by atoms with E-state index in [2.05, 4.69) is 11.1 Å². The zero-order chi connectivity index (χ0) is 20.1. The molecule has 0 unspecified atom stereocenters. The molecule has 1 aliphatic heterocycles. The standard InChI is InChI=1S/C22H25ClN2O2S/c1-15-5-6-17(3)20(13-15)27-11-9-21(26)25-10-4-12-28-22(25)24-18-8-7-16(2)19(23)14-18/h5-8,13-14H,4,9-12H2,1-3H3. The number of amides is 1. The first kappa shape index (κ1) is 20.7. The summed E-state index contributed by atoms with van der Waals surface area (Å²) in [5.74, 6) is 1.83. The van der Waals surface area contributed by atoms with Gasteiger partial charge in [-0.3, -0.25) is 9.69 Å². The second-order valence-corrected chi connectivity index (χ2v) is 8.41. The van der Waals surface area contributed by atoms with E-state index in [1.807, 2.05) is 51.1 Å². The van der Waals surface area contributed by atoms with Crippen molar-refractivity contribution in [1.82, 2.24) is 4.90 Å². The highest BCUT2D eigenvalue weighted by Gasteiger charge is 2.23. The molecule has 0 saturated carbocycles. The number of amidine groups is 1. The number of carbonyl (C=O) groups excluding carboxylic acids is 1. The van der Waals surface area contributed by atoms with Crippen molar-refractivity contribution in [2.45, 2.75) is 33.6 Å². The van der Waals surface area contributed by atoms with Gasteiger partial charge in [0, 0.05) is 17.3 Å². The maximum absolute atomic E-state index is 12.8. The number of aryl methyl sites for hydroxylation is 3. The molecular weight excluding hydrogens is 392 g/mol. The lowest BCUT2D eigenvalue weighted by molar-refractivity contribution is -0.127. The Bertz CT molecular complexity index is 898. The number of nitrogens with zero attached hydrogens (tertiary/aromatic N) is 2. The first-order valence-electron chi connectivity index (χ1n) is 9.42. The molecule has 28 heavy (non-hydrogen) atoms. The van der Waals surface area contributed by atoms with E-state index in [0.717, 1.165) is 45.5 Å². The fourth-order valence-corrected chi connectivity index (χ4v) is 4.04. The number of benzene rings is 2. The van der Waals surface area contributed by atoms with Crippen molar-refractivity contribution in [1.29, 1.82) is 0 Å². The molecule has 0 spiro atoms. The molecule has 6 heteroatoms. The van der Waals surface area contributed by atoms with Crippen LogP contribution in [0.4, 0.5) is 5.69 Å². The molecule has 0 radical (unpaired) electrons. The molecule has 0 aliphatic carbocycles. The van der Waals surface area contributed by atoms with Gasteiger partial charge in [0.15, 0.2) is 5.17 Å². The minimum atomic E-state index is 0.0365. The molecule has 0 atom stereocenters. The van der Waals surface area contributed by atoms with Crippen molar-refractivity contribution >= 4 is 40.1 Å². The van der Waals surface area contributed by atoms with Crippen LogP contribution in [0.15, 0.2) is 41.4 Å². The second kappa shape index (κ2) is 9.48. The van der Waals surface area contributed by atoms with Crippen LogP contribution < -0.4 is 4.74 Å². The highest BCUT2D eigenvalue weighted by Crippen LogP contribution is 2.26. The summed E-state index contributed by atoms with van der Waals surface area (Å²) < 4.78 is 5.85. The van der Waals surface area contributed by atoms with Crippen molar-refractivity contribution in [3.63, 3.8) is 0 Å². The quantitative estimate of drug-likeness (QED) is 0.628. The zero-order valence-corrected chi connectivity index (χ0v) is 18.1. The number of thioether (sulfide) groups is 1. The zero-order valence-electron chi connectivity index (χ0n) is 16.5. The van der Waals surface area contributed by atoms with Crippen LogP contribution in [0.25, 0.3) is 0 Å². The van der Waals surface area contributed by atoms with Gasteiger partial charge in [-0.15, -0.1) is 0 Å². The highest BCUT2D eigenvalue weighted by atomic mass is 35.5. The summed E-state index contributed by atoms with van der Waals surface area (Å²) in [5, 5.41) is 1.42. The van der Waals surface area contributed by atoms with Gasteiger partial charge in [-0.1, -0.05) is 41.6 Å². The summed E-state index contributed by atoms with van der Waals surface area (Å²) in [6.45, 7) is 7.04. The first-order valence-corrected chi connectivity index (χ1v) is 10.8. The predicted octanol–water partition coefficient (Wildman–Crippen LogP) is 5.69. The Morgan fingerprint density at radius 3 is 2.75 bits per heavy atom. The summed E-state index contributed by atoms with van der Waals surface area (Å²) in [5.41, 5.74) is 4.00. The Hall–Kier alpha value is -1.98. The summed E-state index contributed by atoms with van der Waals surface area (Å²) in [6.07, 6.45) is 1.28. The fraction of sp³-hybridized carbons (Fsp3) is 0.364. The van der Waals surface area contributed by atoms with Crippen molar-refractivity contribution in [2.24, 2.45) is 4.99 Å². The Kier molecular flexibility index (Phi) is 7.03. The molecule has 2 aromatic carbocycles. The average molecular weight is 417 g/mol. The number of ether oxygens (including phenoxy) is 1. The second-order valence-electron chi connectivity index (χ2n) is 6.94. The van der Waals surface area contributed by atoms with E-state index in [4.69, 9.17) is 16.3 Å². The number of hydrogen-bond acceptors (Lipinski definition) is 4. The molecule has 1 heterocycles. The lowest BCUT2D eigenvalue weighted by atomic mass is 10.1. The van der Waals surface area contributed by atoms with Gasteiger partial charge in [-0.2, -0.15) is 0 Å². The molecule has 4 nitrogen and oxygen atoms in total. The van der Waals surface area contributed by atoms with Crippen molar-refractivity contribution < 1.29 is 9.53 Å². The van der Waals surface area contributed by atoms with Gasteiger partial charge in [0.1, 0.15) is 5.75 Å². The van der Waals surface area contributed by atoms with Crippen LogP contribution in [-0.2, 0) is 4.79 Å². The van der Waals surface area contributed by atoms with Crippen LogP contribution in [-0.4, -0.2) is 34.9 Å². The SMILES string of the molecule is Cc1ccc(C)c(OCCC(=O)N2CCCSC2=Nc2ccc(C)c(Cl)c2)c1. The average Bonchev–Trinajstić information content (AvgIpc) is 2.68. The van der Waals surface area contributed by atoms with E-state index in [1.54, 1.807) is 16.7 Å².